The van der Waals surface area contributed by atoms with E-state index in [4.69, 9.17) is 10.5 Å². The first-order chi connectivity index (χ1) is 9.06. The second-order valence-electron chi connectivity index (χ2n) is 4.88. The molecule has 7 heteroatoms. The van der Waals surface area contributed by atoms with E-state index < -0.39 is 10.0 Å². The minimum Gasteiger partial charge on any atom is -0.380 e. The lowest BCUT2D eigenvalue weighted by atomic mass is 10.2. The van der Waals surface area contributed by atoms with Crippen molar-refractivity contribution in [2.75, 3.05) is 13.7 Å². The Morgan fingerprint density at radius 3 is 2.70 bits per heavy atom. The zero-order chi connectivity index (χ0) is 13.9. The highest BCUT2D eigenvalue weighted by Gasteiger charge is 2.33. The summed E-state index contributed by atoms with van der Waals surface area (Å²) in [4.78, 5) is 0.265. The highest BCUT2D eigenvalue weighted by Crippen LogP contribution is 2.32. The third-order valence-electron chi connectivity index (χ3n) is 3.27. The Hall–Kier alpha value is -0.660. The molecule has 0 amide bonds. The largest absolute Gasteiger partial charge is 0.380 e. The molecule has 1 aliphatic rings. The summed E-state index contributed by atoms with van der Waals surface area (Å²) >= 11 is 0. The lowest BCUT2D eigenvalue weighted by molar-refractivity contribution is 0.184. The fourth-order valence-corrected chi connectivity index (χ4v) is 3.46. The van der Waals surface area contributed by atoms with E-state index in [0.717, 1.165) is 18.4 Å². The third-order valence-corrected chi connectivity index (χ3v) is 4.76. The van der Waals surface area contributed by atoms with Crippen LogP contribution in [0.5, 0.6) is 0 Å². The molecule has 1 aromatic carbocycles. The number of hydrogen-bond donors (Lipinski definition) is 2. The number of benzene rings is 1. The molecule has 0 bridgehead atoms. The van der Waals surface area contributed by atoms with Crippen LogP contribution in [-0.2, 0) is 21.4 Å². The van der Waals surface area contributed by atoms with Crippen LogP contribution < -0.4 is 10.5 Å². The van der Waals surface area contributed by atoms with Crippen molar-refractivity contribution in [1.82, 2.24) is 4.72 Å². The van der Waals surface area contributed by atoms with Crippen molar-refractivity contribution in [2.45, 2.75) is 30.4 Å². The summed E-state index contributed by atoms with van der Waals surface area (Å²) in [5.74, 6) is 0.391. The average Bonchev–Trinajstić information content (AvgIpc) is 3.21. The molecule has 0 aliphatic heterocycles. The predicted octanol–water partition coefficient (Wildman–Crippen LogP) is 1.27. The van der Waals surface area contributed by atoms with E-state index in [9.17, 15) is 8.42 Å². The van der Waals surface area contributed by atoms with E-state index in [0.29, 0.717) is 19.1 Å². The number of ether oxygens (including phenoxy) is 1. The first-order valence-corrected chi connectivity index (χ1v) is 7.85. The molecule has 2 rings (SSSR count). The van der Waals surface area contributed by atoms with Gasteiger partial charge in [0.05, 0.1) is 11.5 Å². The first kappa shape index (κ1) is 17.4. The molecule has 0 spiro atoms. The van der Waals surface area contributed by atoms with Crippen LogP contribution in [0.15, 0.2) is 29.2 Å². The molecule has 0 saturated heterocycles. The van der Waals surface area contributed by atoms with Crippen molar-refractivity contribution >= 4 is 22.4 Å². The number of rotatable bonds is 7. The second-order valence-corrected chi connectivity index (χ2v) is 6.60. The molecular formula is C13H21ClN2O3S. The van der Waals surface area contributed by atoms with Crippen LogP contribution in [-0.4, -0.2) is 28.1 Å². The normalized spacial score (nSPS) is 16.5. The van der Waals surface area contributed by atoms with Gasteiger partial charge in [0.15, 0.2) is 0 Å². The van der Waals surface area contributed by atoms with Gasteiger partial charge in [0.2, 0.25) is 10.0 Å². The van der Waals surface area contributed by atoms with Crippen LogP contribution in [0.3, 0.4) is 0 Å². The van der Waals surface area contributed by atoms with Gasteiger partial charge in [-0.2, -0.15) is 0 Å². The van der Waals surface area contributed by atoms with Crippen molar-refractivity contribution in [3.63, 3.8) is 0 Å². The number of nitrogens with one attached hydrogen (secondary N) is 1. The molecule has 1 atom stereocenters. The average molecular weight is 321 g/mol. The van der Waals surface area contributed by atoms with Gasteiger partial charge in [-0.1, -0.05) is 12.1 Å². The van der Waals surface area contributed by atoms with Gasteiger partial charge < -0.3 is 10.5 Å². The summed E-state index contributed by atoms with van der Waals surface area (Å²) in [6.45, 7) is 0.730. The zero-order valence-electron chi connectivity index (χ0n) is 11.4. The van der Waals surface area contributed by atoms with Gasteiger partial charge in [-0.05, 0) is 36.5 Å². The first-order valence-electron chi connectivity index (χ1n) is 6.37. The molecule has 114 valence electrons. The summed E-state index contributed by atoms with van der Waals surface area (Å²) in [6, 6.07) is 6.62. The number of halogens is 1. The van der Waals surface area contributed by atoms with Crippen molar-refractivity contribution in [1.29, 1.82) is 0 Å². The maximum absolute atomic E-state index is 12.3. The molecule has 1 fully saturated rings. The summed E-state index contributed by atoms with van der Waals surface area (Å²) < 4.78 is 32.3. The molecule has 5 nitrogen and oxygen atoms in total. The van der Waals surface area contributed by atoms with Crippen LogP contribution in [0.1, 0.15) is 18.4 Å². The quantitative estimate of drug-likeness (QED) is 0.792. The molecule has 1 aromatic rings. The fourth-order valence-electron chi connectivity index (χ4n) is 2.07. The maximum Gasteiger partial charge on any atom is 0.240 e. The Bertz CT molecular complexity index is 532. The van der Waals surface area contributed by atoms with Gasteiger partial charge in [0, 0.05) is 19.7 Å². The van der Waals surface area contributed by atoms with Crippen LogP contribution in [0.25, 0.3) is 0 Å². The number of nitrogens with two attached hydrogens (primary N) is 1. The molecule has 1 unspecified atom stereocenters. The number of methoxy groups -OCH3 is 1. The molecule has 20 heavy (non-hydrogen) atoms. The second kappa shape index (κ2) is 7.38. The molecular weight excluding hydrogens is 300 g/mol. The Balaban J connectivity index is 0.00000200. The van der Waals surface area contributed by atoms with E-state index in [1.165, 1.54) is 0 Å². The lowest BCUT2D eigenvalue weighted by Gasteiger charge is -2.16. The van der Waals surface area contributed by atoms with Crippen molar-refractivity contribution in [2.24, 2.45) is 11.7 Å². The summed E-state index contributed by atoms with van der Waals surface area (Å²) in [5.41, 5.74) is 6.46. The van der Waals surface area contributed by atoms with Gasteiger partial charge in [-0.15, -0.1) is 12.4 Å². The van der Waals surface area contributed by atoms with Gasteiger partial charge in [0.25, 0.3) is 0 Å². The van der Waals surface area contributed by atoms with Gasteiger partial charge >= 0.3 is 0 Å². The molecule has 1 aliphatic carbocycles. The SMILES string of the molecule is COCc1cccc(S(=O)(=O)NC(CN)C2CC2)c1.Cl. The smallest absolute Gasteiger partial charge is 0.240 e. The third kappa shape index (κ3) is 4.43. The summed E-state index contributed by atoms with van der Waals surface area (Å²) in [7, 11) is -1.92. The Kier molecular flexibility index (Phi) is 6.42. The fraction of sp³-hybridized carbons (Fsp3) is 0.538. The van der Waals surface area contributed by atoms with Crippen LogP contribution in [0.2, 0.25) is 0 Å². The zero-order valence-corrected chi connectivity index (χ0v) is 13.0. The van der Waals surface area contributed by atoms with E-state index in [-0.39, 0.29) is 23.3 Å². The highest BCUT2D eigenvalue weighted by molar-refractivity contribution is 7.89. The Morgan fingerprint density at radius 1 is 1.45 bits per heavy atom. The molecule has 0 radical (unpaired) electrons. The van der Waals surface area contributed by atoms with Gasteiger partial charge in [-0.3, -0.25) is 0 Å². The van der Waals surface area contributed by atoms with Crippen molar-refractivity contribution < 1.29 is 13.2 Å². The predicted molar refractivity (Wildman–Crippen MR) is 80.3 cm³/mol. The lowest BCUT2D eigenvalue weighted by Crippen LogP contribution is -2.41. The van der Waals surface area contributed by atoms with Gasteiger partial charge in [0.1, 0.15) is 0 Å². The van der Waals surface area contributed by atoms with E-state index in [2.05, 4.69) is 4.72 Å². The standard InChI is InChI=1S/C13H20N2O3S.ClH/c1-18-9-10-3-2-4-12(7-10)19(16,17)15-13(8-14)11-5-6-11;/h2-4,7,11,13,15H,5-6,8-9,14H2,1H3;1H. The topological polar surface area (TPSA) is 81.4 Å². The van der Waals surface area contributed by atoms with Crippen molar-refractivity contribution in [3.05, 3.63) is 29.8 Å². The van der Waals surface area contributed by atoms with E-state index >= 15 is 0 Å². The van der Waals surface area contributed by atoms with Crippen LogP contribution in [0.4, 0.5) is 0 Å². The Labute approximate surface area is 126 Å². The molecule has 0 aromatic heterocycles. The summed E-state index contributed by atoms with van der Waals surface area (Å²) in [5, 5.41) is 0. The monoisotopic (exact) mass is 320 g/mol. The minimum absolute atomic E-state index is 0. The molecule has 0 heterocycles. The summed E-state index contributed by atoms with van der Waals surface area (Å²) in [6.07, 6.45) is 2.10. The van der Waals surface area contributed by atoms with E-state index in [1.54, 1.807) is 25.3 Å². The van der Waals surface area contributed by atoms with Gasteiger partial charge in [-0.25, -0.2) is 13.1 Å². The maximum atomic E-state index is 12.3. The van der Waals surface area contributed by atoms with Crippen molar-refractivity contribution in [3.8, 4) is 0 Å². The molecule has 1 saturated carbocycles. The van der Waals surface area contributed by atoms with Crippen LogP contribution in [0, 0.1) is 5.92 Å². The highest BCUT2D eigenvalue weighted by atomic mass is 35.5. The molecule has 3 N–H and O–H groups in total. The van der Waals surface area contributed by atoms with E-state index in [1.807, 2.05) is 6.07 Å². The minimum atomic E-state index is -3.50. The Morgan fingerprint density at radius 2 is 2.15 bits per heavy atom. The number of sulfonamides is 1. The van der Waals surface area contributed by atoms with Crippen LogP contribution >= 0.6 is 12.4 Å². The number of hydrogen-bond acceptors (Lipinski definition) is 4.